The summed E-state index contributed by atoms with van der Waals surface area (Å²) in [5, 5.41) is 3.37. The lowest BCUT2D eigenvalue weighted by molar-refractivity contribution is 1.11. The Kier molecular flexibility index (Phi) is 2.13. The van der Waals surface area contributed by atoms with Crippen LogP contribution in [-0.4, -0.2) is 11.5 Å². The predicted octanol–water partition coefficient (Wildman–Crippen LogP) is 3.03. The second kappa shape index (κ2) is 3.63. The van der Waals surface area contributed by atoms with Crippen LogP contribution < -0.4 is 5.32 Å². The first-order valence-electron chi connectivity index (χ1n) is 5.63. The third-order valence-electron chi connectivity index (χ3n) is 3.02. The molecule has 1 aromatic carbocycles. The highest BCUT2D eigenvalue weighted by molar-refractivity contribution is 5.67. The van der Waals surface area contributed by atoms with E-state index in [1.165, 1.54) is 22.4 Å². The van der Waals surface area contributed by atoms with Crippen LogP contribution in [0.1, 0.15) is 11.1 Å². The molecule has 0 bridgehead atoms. The maximum atomic E-state index is 4.45. The fourth-order valence-electron chi connectivity index (χ4n) is 2.10. The number of pyridine rings is 1. The Morgan fingerprint density at radius 1 is 1.19 bits per heavy atom. The second-order valence-electron chi connectivity index (χ2n) is 4.27. The maximum Gasteiger partial charge on any atom is 0.0702 e. The molecule has 0 amide bonds. The molecular weight excluding hydrogens is 196 g/mol. The Bertz CT molecular complexity index is 515. The lowest BCUT2D eigenvalue weighted by Gasteiger charge is -2.04. The molecule has 1 aliphatic rings. The molecule has 0 radical (unpaired) electrons. The zero-order chi connectivity index (χ0) is 11.0. The van der Waals surface area contributed by atoms with Gasteiger partial charge in [0.2, 0.25) is 0 Å². The van der Waals surface area contributed by atoms with Gasteiger partial charge in [-0.2, -0.15) is 0 Å². The van der Waals surface area contributed by atoms with E-state index in [2.05, 4.69) is 47.6 Å². The monoisotopic (exact) mass is 210 g/mol. The van der Waals surface area contributed by atoms with E-state index < -0.39 is 0 Å². The summed E-state index contributed by atoms with van der Waals surface area (Å²) in [5.41, 5.74) is 6.14. The van der Waals surface area contributed by atoms with Crippen LogP contribution in [0.25, 0.3) is 11.3 Å². The Morgan fingerprint density at radius 2 is 2.12 bits per heavy atom. The molecule has 0 aliphatic carbocycles. The van der Waals surface area contributed by atoms with E-state index in [0.29, 0.717) is 0 Å². The maximum absolute atomic E-state index is 4.45. The molecule has 0 spiro atoms. The minimum Gasteiger partial charge on any atom is -0.384 e. The van der Waals surface area contributed by atoms with E-state index in [-0.39, 0.29) is 0 Å². The average molecular weight is 210 g/mol. The van der Waals surface area contributed by atoms with Crippen molar-refractivity contribution in [2.24, 2.45) is 0 Å². The van der Waals surface area contributed by atoms with Crippen LogP contribution in [0.2, 0.25) is 0 Å². The van der Waals surface area contributed by atoms with Gasteiger partial charge in [0.15, 0.2) is 0 Å². The zero-order valence-corrected chi connectivity index (χ0v) is 9.33. The molecule has 3 rings (SSSR count). The smallest absolute Gasteiger partial charge is 0.0702 e. The Morgan fingerprint density at radius 3 is 2.94 bits per heavy atom. The molecule has 2 heterocycles. The van der Waals surface area contributed by atoms with Crippen molar-refractivity contribution in [1.82, 2.24) is 4.98 Å². The molecule has 2 nitrogen and oxygen atoms in total. The number of hydrogen-bond acceptors (Lipinski definition) is 2. The normalized spacial score (nSPS) is 13.3. The minimum absolute atomic E-state index is 1.06. The van der Waals surface area contributed by atoms with Crippen LogP contribution >= 0.6 is 0 Å². The van der Waals surface area contributed by atoms with Crippen molar-refractivity contribution in [1.29, 1.82) is 0 Å². The first-order chi connectivity index (χ1) is 7.83. The number of nitrogens with zero attached hydrogens (tertiary/aromatic N) is 1. The van der Waals surface area contributed by atoms with Gasteiger partial charge in [-0.15, -0.1) is 0 Å². The number of anilines is 1. The van der Waals surface area contributed by atoms with Crippen LogP contribution in [0.15, 0.2) is 36.5 Å². The van der Waals surface area contributed by atoms with Crippen LogP contribution in [0.5, 0.6) is 0 Å². The van der Waals surface area contributed by atoms with Gasteiger partial charge in [0.25, 0.3) is 0 Å². The number of rotatable bonds is 1. The van der Waals surface area contributed by atoms with E-state index in [0.717, 1.165) is 18.7 Å². The number of benzene rings is 1. The minimum atomic E-state index is 1.06. The van der Waals surface area contributed by atoms with Gasteiger partial charge in [0.05, 0.1) is 5.69 Å². The predicted molar refractivity (Wildman–Crippen MR) is 66.6 cm³/mol. The van der Waals surface area contributed by atoms with Gasteiger partial charge in [-0.05, 0) is 42.7 Å². The summed E-state index contributed by atoms with van der Waals surface area (Å²) in [4.78, 5) is 4.45. The lowest BCUT2D eigenvalue weighted by atomic mass is 10.1. The summed E-state index contributed by atoms with van der Waals surface area (Å²) < 4.78 is 0. The molecule has 80 valence electrons. The molecule has 0 fully saturated rings. The largest absolute Gasteiger partial charge is 0.384 e. The summed E-state index contributed by atoms with van der Waals surface area (Å²) in [6.07, 6.45) is 3.04. The fraction of sp³-hybridized carbons (Fsp3) is 0.214. The highest BCUT2D eigenvalue weighted by Gasteiger charge is 2.10. The first-order valence-corrected chi connectivity index (χ1v) is 5.63. The molecular formula is C14H14N2. The van der Waals surface area contributed by atoms with Crippen molar-refractivity contribution < 1.29 is 0 Å². The van der Waals surface area contributed by atoms with E-state index in [1.54, 1.807) is 0 Å². The summed E-state index contributed by atoms with van der Waals surface area (Å²) in [7, 11) is 0. The Labute approximate surface area is 95.3 Å². The van der Waals surface area contributed by atoms with E-state index in [1.807, 2.05) is 6.20 Å². The standard InChI is InChI=1S/C14H14N2/c1-10-2-4-14(16-9-10)11-3-5-13-12(8-11)6-7-15-13/h2-5,8-9,15H,6-7H2,1H3. The Balaban J connectivity index is 2.03. The molecule has 16 heavy (non-hydrogen) atoms. The van der Waals surface area contributed by atoms with Crippen LogP contribution in [0.4, 0.5) is 5.69 Å². The van der Waals surface area contributed by atoms with E-state index in [4.69, 9.17) is 0 Å². The molecule has 0 saturated carbocycles. The van der Waals surface area contributed by atoms with Gasteiger partial charge in [-0.3, -0.25) is 4.98 Å². The lowest BCUT2D eigenvalue weighted by Crippen LogP contribution is -1.90. The molecule has 1 aliphatic heterocycles. The van der Waals surface area contributed by atoms with E-state index in [9.17, 15) is 0 Å². The second-order valence-corrected chi connectivity index (χ2v) is 4.27. The molecule has 1 aromatic heterocycles. The van der Waals surface area contributed by atoms with Gasteiger partial charge >= 0.3 is 0 Å². The molecule has 1 N–H and O–H groups in total. The van der Waals surface area contributed by atoms with Crippen molar-refractivity contribution >= 4 is 5.69 Å². The SMILES string of the molecule is Cc1ccc(-c2ccc3c(c2)CCN3)nc1. The number of aromatic nitrogens is 1. The molecule has 0 atom stereocenters. The van der Waals surface area contributed by atoms with Gasteiger partial charge in [0, 0.05) is 24.0 Å². The van der Waals surface area contributed by atoms with Crippen LogP contribution in [0.3, 0.4) is 0 Å². The number of hydrogen-bond donors (Lipinski definition) is 1. The van der Waals surface area contributed by atoms with Gasteiger partial charge in [0.1, 0.15) is 0 Å². The van der Waals surface area contributed by atoms with Crippen molar-refractivity contribution in [3.05, 3.63) is 47.7 Å². The molecule has 2 aromatic rings. The van der Waals surface area contributed by atoms with E-state index >= 15 is 0 Å². The summed E-state index contributed by atoms with van der Waals surface area (Å²) in [6.45, 7) is 3.11. The van der Waals surface area contributed by atoms with Gasteiger partial charge < -0.3 is 5.32 Å². The number of fused-ring (bicyclic) bond motifs is 1. The fourth-order valence-corrected chi connectivity index (χ4v) is 2.10. The highest BCUT2D eigenvalue weighted by atomic mass is 14.9. The highest BCUT2D eigenvalue weighted by Crippen LogP contribution is 2.27. The average Bonchev–Trinajstić information content (AvgIpc) is 2.77. The van der Waals surface area contributed by atoms with Gasteiger partial charge in [-0.25, -0.2) is 0 Å². The first kappa shape index (κ1) is 9.40. The Hall–Kier alpha value is -1.83. The molecule has 0 unspecified atom stereocenters. The quantitative estimate of drug-likeness (QED) is 0.782. The zero-order valence-electron chi connectivity index (χ0n) is 9.33. The van der Waals surface area contributed by atoms with Crippen molar-refractivity contribution in [2.45, 2.75) is 13.3 Å². The number of aryl methyl sites for hydroxylation is 1. The van der Waals surface area contributed by atoms with Gasteiger partial charge in [-0.1, -0.05) is 12.1 Å². The summed E-state index contributed by atoms with van der Waals surface area (Å²) in [6, 6.07) is 10.7. The topological polar surface area (TPSA) is 24.9 Å². The molecule has 0 saturated heterocycles. The van der Waals surface area contributed by atoms with Crippen molar-refractivity contribution in [3.8, 4) is 11.3 Å². The number of nitrogens with one attached hydrogen (secondary N) is 1. The summed E-state index contributed by atoms with van der Waals surface area (Å²) >= 11 is 0. The molecule has 2 heteroatoms. The van der Waals surface area contributed by atoms with Crippen LogP contribution in [-0.2, 0) is 6.42 Å². The van der Waals surface area contributed by atoms with Crippen LogP contribution in [0, 0.1) is 6.92 Å². The third kappa shape index (κ3) is 1.56. The van der Waals surface area contributed by atoms with Crippen molar-refractivity contribution in [2.75, 3.05) is 11.9 Å². The third-order valence-corrected chi connectivity index (χ3v) is 3.02. The van der Waals surface area contributed by atoms with Crippen molar-refractivity contribution in [3.63, 3.8) is 0 Å². The summed E-state index contributed by atoms with van der Waals surface area (Å²) in [5.74, 6) is 0.